The summed E-state index contributed by atoms with van der Waals surface area (Å²) in [7, 11) is 0. The minimum absolute atomic E-state index is 0.0867. The number of rotatable bonds is 19. The van der Waals surface area contributed by atoms with Crippen LogP contribution in [0.4, 0.5) is 10.5 Å². The lowest BCUT2D eigenvalue weighted by molar-refractivity contribution is -0.141. The van der Waals surface area contributed by atoms with Crippen LogP contribution in [0.3, 0.4) is 0 Å². The number of alkyl carbamates (subject to hydrolysis) is 1. The smallest absolute Gasteiger partial charge is 0.408 e. The van der Waals surface area contributed by atoms with Gasteiger partial charge in [-0.05, 0) is 49.4 Å². The Bertz CT molecular complexity index is 1880. The number of nitrogens with one attached hydrogen (secondary N) is 5. The van der Waals surface area contributed by atoms with Crippen molar-refractivity contribution in [1.29, 1.82) is 5.26 Å². The number of nitriles is 1. The molecule has 54 heavy (non-hydrogen) atoms. The van der Waals surface area contributed by atoms with E-state index in [9.17, 15) is 48.9 Å². The van der Waals surface area contributed by atoms with E-state index in [2.05, 4.69) is 31.6 Å². The van der Waals surface area contributed by atoms with Gasteiger partial charge in [-0.2, -0.15) is 5.26 Å². The van der Waals surface area contributed by atoms with Gasteiger partial charge in [-0.3, -0.25) is 28.8 Å². The third kappa shape index (κ3) is 13.4. The summed E-state index contributed by atoms with van der Waals surface area (Å²) in [6.45, 7) is 4.60. The number of benzene rings is 2. The number of carbonyl (C=O) groups excluding carboxylic acids is 5. The standard InChI is InChI=1S/C35H41N7O11S/c1-18(2)13-24(41-35(52)53-17-20-7-5-4-6-8-20)33(50)39-22(10-12-28(44)45)31(48)42-30(19(3)43)34(51)40-25(15-29(46)47)32(49)37-21-9-11-26-23(14-21)38-27(16-36)54-26/h4-9,11,14,18-19,22,24-25,30,43H,10,12-13,15,17H2,1-3H3,(H,37,49)(H,39,50)(H,40,51)(H,41,52)(H,42,48)(H,44,45)(H,46,47). The lowest BCUT2D eigenvalue weighted by Crippen LogP contribution is -2.60. The van der Waals surface area contributed by atoms with E-state index in [1.807, 2.05) is 6.07 Å². The van der Waals surface area contributed by atoms with Gasteiger partial charge in [-0.1, -0.05) is 44.2 Å². The van der Waals surface area contributed by atoms with Crippen molar-refractivity contribution in [3.63, 3.8) is 0 Å². The van der Waals surface area contributed by atoms with Gasteiger partial charge >= 0.3 is 18.0 Å². The number of carboxylic acid groups (broad SMARTS) is 2. The molecule has 1 aromatic heterocycles. The van der Waals surface area contributed by atoms with Gasteiger partial charge < -0.3 is 46.6 Å². The number of aromatic nitrogens is 1. The van der Waals surface area contributed by atoms with Gasteiger partial charge in [0.25, 0.3) is 0 Å². The van der Waals surface area contributed by atoms with Gasteiger partial charge in [0.15, 0.2) is 5.01 Å². The number of aliphatic hydroxyl groups excluding tert-OH is 1. The highest BCUT2D eigenvalue weighted by Gasteiger charge is 2.34. The number of amides is 5. The molecule has 288 valence electrons. The number of aliphatic hydroxyl groups is 1. The molecule has 1 heterocycles. The van der Waals surface area contributed by atoms with Gasteiger partial charge in [-0.15, -0.1) is 11.3 Å². The lowest BCUT2D eigenvalue weighted by atomic mass is 10.0. The number of aliphatic carboxylic acids is 2. The number of ether oxygens (including phenoxy) is 1. The first-order chi connectivity index (χ1) is 25.6. The average Bonchev–Trinajstić information content (AvgIpc) is 3.53. The van der Waals surface area contributed by atoms with Crippen LogP contribution in [-0.4, -0.2) is 92.2 Å². The number of carboxylic acids is 2. The zero-order valence-electron chi connectivity index (χ0n) is 29.5. The van der Waals surface area contributed by atoms with E-state index in [0.29, 0.717) is 15.8 Å². The second-order valence-electron chi connectivity index (χ2n) is 12.6. The first kappa shape index (κ1) is 42.3. The Morgan fingerprint density at radius 2 is 1.50 bits per heavy atom. The fourth-order valence-electron chi connectivity index (χ4n) is 5.01. The van der Waals surface area contributed by atoms with E-state index >= 15 is 0 Å². The second-order valence-corrected chi connectivity index (χ2v) is 13.6. The molecular weight excluding hydrogens is 726 g/mol. The quantitative estimate of drug-likeness (QED) is 0.0862. The van der Waals surface area contributed by atoms with Gasteiger partial charge in [0.1, 0.15) is 36.8 Å². The Morgan fingerprint density at radius 1 is 0.833 bits per heavy atom. The fourth-order valence-corrected chi connectivity index (χ4v) is 5.75. The van der Waals surface area contributed by atoms with Crippen molar-refractivity contribution in [3.05, 3.63) is 59.1 Å². The molecule has 0 aliphatic heterocycles. The Balaban J connectivity index is 1.74. The van der Waals surface area contributed by atoms with Gasteiger partial charge in [-0.25, -0.2) is 9.78 Å². The number of hydrogen-bond donors (Lipinski definition) is 8. The number of fused-ring (bicyclic) bond motifs is 1. The summed E-state index contributed by atoms with van der Waals surface area (Å²) in [5, 5.41) is 50.3. The Hall–Kier alpha value is -6.13. The number of carbonyl (C=O) groups is 7. The van der Waals surface area contributed by atoms with Crippen LogP contribution in [-0.2, 0) is 40.1 Å². The van der Waals surface area contributed by atoms with E-state index in [1.54, 1.807) is 50.2 Å². The minimum Gasteiger partial charge on any atom is -0.481 e. The molecule has 8 N–H and O–H groups in total. The van der Waals surface area contributed by atoms with Crippen LogP contribution in [0.5, 0.6) is 0 Å². The summed E-state index contributed by atoms with van der Waals surface area (Å²) in [5.41, 5.74) is 1.27. The summed E-state index contributed by atoms with van der Waals surface area (Å²) in [5.74, 6) is -6.99. The Labute approximate surface area is 313 Å². The molecule has 0 bridgehead atoms. The van der Waals surface area contributed by atoms with Gasteiger partial charge in [0.05, 0.1) is 22.7 Å². The normalized spacial score (nSPS) is 13.6. The molecule has 0 aliphatic rings. The lowest BCUT2D eigenvalue weighted by Gasteiger charge is -2.27. The summed E-state index contributed by atoms with van der Waals surface area (Å²) in [4.78, 5) is 93.2. The van der Waals surface area contributed by atoms with Crippen LogP contribution >= 0.6 is 11.3 Å². The zero-order valence-corrected chi connectivity index (χ0v) is 30.3. The van der Waals surface area contributed by atoms with E-state index in [1.165, 1.54) is 12.1 Å². The van der Waals surface area contributed by atoms with Crippen LogP contribution in [0.25, 0.3) is 10.2 Å². The molecule has 0 saturated carbocycles. The van der Waals surface area contributed by atoms with Crippen molar-refractivity contribution in [2.75, 3.05) is 5.32 Å². The molecule has 2 aromatic carbocycles. The minimum atomic E-state index is -1.81. The van der Waals surface area contributed by atoms with Crippen molar-refractivity contribution >= 4 is 68.9 Å². The number of hydrogen-bond acceptors (Lipinski definition) is 12. The number of anilines is 1. The molecule has 5 amide bonds. The first-order valence-electron chi connectivity index (χ1n) is 16.7. The molecule has 5 atom stereocenters. The van der Waals surface area contributed by atoms with E-state index in [4.69, 9.17) is 10.00 Å². The van der Waals surface area contributed by atoms with Crippen LogP contribution < -0.4 is 26.6 Å². The van der Waals surface area contributed by atoms with Crippen molar-refractivity contribution in [1.82, 2.24) is 26.3 Å². The van der Waals surface area contributed by atoms with Crippen LogP contribution in [0.15, 0.2) is 48.5 Å². The SMILES string of the molecule is CC(C)CC(NC(=O)OCc1ccccc1)C(=O)NC(CCC(=O)O)C(=O)NC(C(=O)NC(CC(=O)O)C(=O)Nc1ccc2sc(C#N)nc2c1)C(C)O. The number of thiazole rings is 1. The van der Waals surface area contributed by atoms with Crippen LogP contribution in [0.2, 0.25) is 0 Å². The predicted molar refractivity (Wildman–Crippen MR) is 193 cm³/mol. The Kier molecular flexibility index (Phi) is 15.8. The molecule has 0 saturated heterocycles. The first-order valence-corrected chi connectivity index (χ1v) is 17.5. The summed E-state index contributed by atoms with van der Waals surface area (Å²) in [6.07, 6.45) is -4.41. The molecule has 0 aliphatic carbocycles. The third-order valence-corrected chi connectivity index (χ3v) is 8.57. The molecule has 0 fully saturated rings. The van der Waals surface area contributed by atoms with Crippen LogP contribution in [0, 0.1) is 17.2 Å². The van der Waals surface area contributed by atoms with Gasteiger partial charge in [0.2, 0.25) is 23.6 Å². The summed E-state index contributed by atoms with van der Waals surface area (Å²) >= 11 is 1.12. The van der Waals surface area contributed by atoms with Crippen molar-refractivity contribution in [3.8, 4) is 6.07 Å². The average molecular weight is 768 g/mol. The maximum absolute atomic E-state index is 13.5. The topological polar surface area (TPSA) is 286 Å². The summed E-state index contributed by atoms with van der Waals surface area (Å²) < 4.78 is 5.87. The highest BCUT2D eigenvalue weighted by atomic mass is 32.1. The number of nitrogens with zero attached hydrogens (tertiary/aromatic N) is 2. The Morgan fingerprint density at radius 3 is 2.11 bits per heavy atom. The summed E-state index contributed by atoms with van der Waals surface area (Å²) in [6, 6.07) is 8.88. The third-order valence-electron chi connectivity index (χ3n) is 7.63. The molecular formula is C35H41N7O11S. The predicted octanol–water partition coefficient (Wildman–Crippen LogP) is 1.62. The molecule has 3 aromatic rings. The molecule has 0 radical (unpaired) electrons. The van der Waals surface area contributed by atoms with Crippen molar-refractivity contribution in [2.24, 2.45) is 5.92 Å². The highest BCUT2D eigenvalue weighted by Crippen LogP contribution is 2.24. The molecule has 0 spiro atoms. The molecule has 18 nitrogen and oxygen atoms in total. The zero-order chi connectivity index (χ0) is 39.9. The molecule has 3 rings (SSSR count). The van der Waals surface area contributed by atoms with Crippen molar-refractivity contribution in [2.45, 2.75) is 83.3 Å². The maximum Gasteiger partial charge on any atom is 0.408 e. The van der Waals surface area contributed by atoms with E-state index in [0.717, 1.165) is 18.3 Å². The van der Waals surface area contributed by atoms with E-state index < -0.39 is 91.2 Å². The van der Waals surface area contributed by atoms with Gasteiger partial charge in [0, 0.05) is 12.1 Å². The van der Waals surface area contributed by atoms with Crippen molar-refractivity contribution < 1.29 is 53.6 Å². The van der Waals surface area contributed by atoms with E-state index in [-0.39, 0.29) is 29.6 Å². The fraction of sp³-hybridized carbons (Fsp3) is 0.400. The second kappa shape index (κ2) is 20.2. The largest absolute Gasteiger partial charge is 0.481 e. The molecule has 19 heteroatoms. The maximum atomic E-state index is 13.5. The van der Waals surface area contributed by atoms with Crippen LogP contribution in [0.1, 0.15) is 57.0 Å². The molecule has 5 unspecified atom stereocenters. The highest BCUT2D eigenvalue weighted by molar-refractivity contribution is 7.19. The monoisotopic (exact) mass is 767 g/mol.